The number of nitrogens with zero attached hydrogens (tertiary/aromatic N) is 2. The van der Waals surface area contributed by atoms with Gasteiger partial charge in [0.05, 0.1) is 5.52 Å². The second-order valence-corrected chi connectivity index (χ2v) is 5.70. The number of aromatic nitrogens is 2. The van der Waals surface area contributed by atoms with Crippen molar-refractivity contribution in [3.05, 3.63) is 29.8 Å². The molecule has 1 atom stereocenters. The molecule has 0 bridgehead atoms. The van der Waals surface area contributed by atoms with Crippen LogP contribution in [0.1, 0.15) is 32.0 Å². The molecule has 3 nitrogen and oxygen atoms in total. The lowest BCUT2D eigenvalue weighted by Crippen LogP contribution is -2.31. The molecule has 1 fully saturated rings. The standard InChI is InChI=1S/C16H22FN3/c1-2-9-20-14-7-3-6-13(17)16(14)19-15(20)10-12-5-4-8-18-11-12/h3,6-7,12,18H,2,4-5,8-11H2,1H3. The maximum Gasteiger partial charge on any atom is 0.151 e. The van der Waals surface area contributed by atoms with Crippen LogP contribution in [0.25, 0.3) is 11.0 Å². The van der Waals surface area contributed by atoms with Gasteiger partial charge in [-0.05, 0) is 50.4 Å². The number of fused-ring (bicyclic) bond motifs is 1. The minimum absolute atomic E-state index is 0.208. The van der Waals surface area contributed by atoms with E-state index in [0.29, 0.717) is 11.4 Å². The number of benzene rings is 1. The molecule has 0 amide bonds. The lowest BCUT2D eigenvalue weighted by atomic mass is 9.96. The van der Waals surface area contributed by atoms with Crippen molar-refractivity contribution in [2.45, 2.75) is 39.2 Å². The molecule has 0 aliphatic carbocycles. The number of aryl methyl sites for hydroxylation is 1. The third-order valence-corrected chi connectivity index (χ3v) is 4.13. The monoisotopic (exact) mass is 275 g/mol. The van der Waals surface area contributed by atoms with E-state index in [-0.39, 0.29) is 5.82 Å². The Bertz CT molecular complexity index is 585. The lowest BCUT2D eigenvalue weighted by molar-refractivity contribution is 0.366. The van der Waals surface area contributed by atoms with Crippen LogP contribution >= 0.6 is 0 Å². The summed E-state index contributed by atoms with van der Waals surface area (Å²) in [4.78, 5) is 4.59. The molecular weight excluding hydrogens is 253 g/mol. The summed E-state index contributed by atoms with van der Waals surface area (Å²) in [5.74, 6) is 1.46. The van der Waals surface area contributed by atoms with Crippen LogP contribution < -0.4 is 5.32 Å². The molecule has 0 spiro atoms. The fourth-order valence-corrected chi connectivity index (χ4v) is 3.15. The molecule has 0 saturated carbocycles. The second kappa shape index (κ2) is 5.92. The summed E-state index contributed by atoms with van der Waals surface area (Å²) in [6.07, 6.45) is 4.46. The van der Waals surface area contributed by atoms with Crippen molar-refractivity contribution in [1.82, 2.24) is 14.9 Å². The molecule has 1 aliphatic rings. The van der Waals surface area contributed by atoms with Crippen molar-refractivity contribution in [1.29, 1.82) is 0 Å². The first-order valence-electron chi connectivity index (χ1n) is 7.64. The van der Waals surface area contributed by atoms with Gasteiger partial charge in [0.2, 0.25) is 0 Å². The zero-order chi connectivity index (χ0) is 13.9. The van der Waals surface area contributed by atoms with Crippen LogP contribution in [0.4, 0.5) is 4.39 Å². The Balaban J connectivity index is 1.95. The molecule has 1 unspecified atom stereocenters. The van der Waals surface area contributed by atoms with Gasteiger partial charge in [-0.3, -0.25) is 0 Å². The molecular formula is C16H22FN3. The van der Waals surface area contributed by atoms with Crippen LogP contribution in [-0.4, -0.2) is 22.6 Å². The quantitative estimate of drug-likeness (QED) is 0.929. The number of hydrogen-bond acceptors (Lipinski definition) is 2. The van der Waals surface area contributed by atoms with E-state index in [1.54, 1.807) is 6.07 Å². The van der Waals surface area contributed by atoms with Gasteiger partial charge in [0.1, 0.15) is 11.3 Å². The summed E-state index contributed by atoms with van der Waals surface area (Å²) in [5.41, 5.74) is 1.46. The summed E-state index contributed by atoms with van der Waals surface area (Å²) in [5, 5.41) is 3.44. The average Bonchev–Trinajstić information content (AvgIpc) is 2.80. The van der Waals surface area contributed by atoms with Gasteiger partial charge in [0.25, 0.3) is 0 Å². The van der Waals surface area contributed by atoms with Crippen molar-refractivity contribution in [2.75, 3.05) is 13.1 Å². The van der Waals surface area contributed by atoms with Crippen LogP contribution in [0.3, 0.4) is 0 Å². The molecule has 20 heavy (non-hydrogen) atoms. The molecule has 4 heteroatoms. The van der Waals surface area contributed by atoms with E-state index in [1.807, 2.05) is 6.07 Å². The number of halogens is 1. The highest BCUT2D eigenvalue weighted by Gasteiger charge is 2.19. The van der Waals surface area contributed by atoms with Crippen LogP contribution in [-0.2, 0) is 13.0 Å². The molecule has 1 aromatic heterocycles. The minimum Gasteiger partial charge on any atom is -0.328 e. The van der Waals surface area contributed by atoms with Crippen molar-refractivity contribution < 1.29 is 4.39 Å². The van der Waals surface area contributed by atoms with Gasteiger partial charge < -0.3 is 9.88 Å². The van der Waals surface area contributed by atoms with E-state index in [9.17, 15) is 4.39 Å². The van der Waals surface area contributed by atoms with Gasteiger partial charge in [0, 0.05) is 13.0 Å². The van der Waals surface area contributed by atoms with Crippen LogP contribution in [0.5, 0.6) is 0 Å². The predicted molar refractivity (Wildman–Crippen MR) is 79.3 cm³/mol. The van der Waals surface area contributed by atoms with Crippen molar-refractivity contribution >= 4 is 11.0 Å². The maximum atomic E-state index is 13.9. The van der Waals surface area contributed by atoms with Gasteiger partial charge in [-0.25, -0.2) is 9.37 Å². The molecule has 0 radical (unpaired) electrons. The molecule has 1 aliphatic heterocycles. The Morgan fingerprint density at radius 1 is 1.45 bits per heavy atom. The second-order valence-electron chi connectivity index (χ2n) is 5.70. The zero-order valence-electron chi connectivity index (χ0n) is 12.0. The topological polar surface area (TPSA) is 29.9 Å². The Morgan fingerprint density at radius 3 is 3.10 bits per heavy atom. The zero-order valence-corrected chi connectivity index (χ0v) is 12.0. The third kappa shape index (κ3) is 2.57. The lowest BCUT2D eigenvalue weighted by Gasteiger charge is -2.22. The number of para-hydroxylation sites is 1. The van der Waals surface area contributed by atoms with Gasteiger partial charge in [-0.15, -0.1) is 0 Å². The fourth-order valence-electron chi connectivity index (χ4n) is 3.15. The summed E-state index contributed by atoms with van der Waals surface area (Å²) in [6, 6.07) is 5.25. The number of imidazole rings is 1. The number of nitrogens with one attached hydrogen (secondary N) is 1. The first-order chi connectivity index (χ1) is 9.79. The molecule has 1 aromatic carbocycles. The molecule has 1 N–H and O–H groups in total. The van der Waals surface area contributed by atoms with Crippen molar-refractivity contribution in [2.24, 2.45) is 5.92 Å². The highest BCUT2D eigenvalue weighted by Crippen LogP contribution is 2.23. The van der Waals surface area contributed by atoms with Gasteiger partial charge in [-0.2, -0.15) is 0 Å². The highest BCUT2D eigenvalue weighted by atomic mass is 19.1. The van der Waals surface area contributed by atoms with Gasteiger partial charge in [0.15, 0.2) is 5.82 Å². The minimum atomic E-state index is -0.208. The molecule has 2 heterocycles. The highest BCUT2D eigenvalue weighted by molar-refractivity contribution is 5.76. The first kappa shape index (κ1) is 13.6. The van der Waals surface area contributed by atoms with Crippen LogP contribution in [0, 0.1) is 11.7 Å². The van der Waals surface area contributed by atoms with Gasteiger partial charge >= 0.3 is 0 Å². The van der Waals surface area contributed by atoms with E-state index in [0.717, 1.165) is 43.8 Å². The third-order valence-electron chi connectivity index (χ3n) is 4.13. The van der Waals surface area contributed by atoms with E-state index in [1.165, 1.54) is 18.9 Å². The summed E-state index contributed by atoms with van der Waals surface area (Å²) in [7, 11) is 0. The SMILES string of the molecule is CCCn1c(CC2CCCNC2)nc2c(F)cccc21. The molecule has 1 saturated heterocycles. The summed E-state index contributed by atoms with van der Waals surface area (Å²) >= 11 is 0. The van der Waals surface area contributed by atoms with Crippen LogP contribution in [0.15, 0.2) is 18.2 Å². The normalized spacial score (nSPS) is 19.6. The molecule has 3 rings (SSSR count). The van der Waals surface area contributed by atoms with E-state index >= 15 is 0 Å². The Kier molecular flexibility index (Phi) is 4.01. The number of piperidine rings is 1. The van der Waals surface area contributed by atoms with E-state index in [4.69, 9.17) is 0 Å². The Hall–Kier alpha value is -1.42. The molecule has 108 valence electrons. The Labute approximate surface area is 119 Å². The van der Waals surface area contributed by atoms with Crippen molar-refractivity contribution in [3.63, 3.8) is 0 Å². The van der Waals surface area contributed by atoms with Crippen molar-refractivity contribution in [3.8, 4) is 0 Å². The van der Waals surface area contributed by atoms with E-state index < -0.39 is 0 Å². The summed E-state index contributed by atoms with van der Waals surface area (Å²) < 4.78 is 16.1. The Morgan fingerprint density at radius 2 is 2.35 bits per heavy atom. The number of hydrogen-bond donors (Lipinski definition) is 1. The molecule has 2 aromatic rings. The fraction of sp³-hybridized carbons (Fsp3) is 0.562. The first-order valence-corrected chi connectivity index (χ1v) is 7.64. The predicted octanol–water partition coefficient (Wildman–Crippen LogP) is 3.13. The maximum absolute atomic E-state index is 13.9. The number of rotatable bonds is 4. The average molecular weight is 275 g/mol. The largest absolute Gasteiger partial charge is 0.328 e. The van der Waals surface area contributed by atoms with Gasteiger partial charge in [-0.1, -0.05) is 13.0 Å². The smallest absolute Gasteiger partial charge is 0.151 e. The van der Waals surface area contributed by atoms with Crippen LogP contribution in [0.2, 0.25) is 0 Å². The van der Waals surface area contributed by atoms with E-state index in [2.05, 4.69) is 21.8 Å². The summed E-state index contributed by atoms with van der Waals surface area (Å²) in [6.45, 7) is 5.24.